The van der Waals surface area contributed by atoms with Crippen LogP contribution in [0.3, 0.4) is 0 Å². The molecule has 5 aromatic carbocycles. The first-order valence-electron chi connectivity index (χ1n) is 22.9. The van der Waals surface area contributed by atoms with Crippen LogP contribution in [0.4, 0.5) is 0 Å². The van der Waals surface area contributed by atoms with E-state index in [0.717, 1.165) is 126 Å². The number of fused-ring (bicyclic) bond motifs is 8. The van der Waals surface area contributed by atoms with Crippen LogP contribution in [0, 0.1) is 44.4 Å². The smallest absolute Gasteiger partial charge is 0.134 e. The molecule has 0 aliphatic carbocycles. The van der Waals surface area contributed by atoms with Gasteiger partial charge in [-0.3, -0.25) is 5.10 Å². The predicted octanol–water partition coefficient (Wildman–Crippen LogP) is 11.0. The van der Waals surface area contributed by atoms with Gasteiger partial charge >= 0.3 is 0 Å². The number of nitrogens with one attached hydrogen (secondary N) is 1. The zero-order chi connectivity index (χ0) is 48.6. The van der Waals surface area contributed by atoms with E-state index >= 15 is 0 Å². The second-order valence-electron chi connectivity index (χ2n) is 16.6. The van der Waals surface area contributed by atoms with E-state index in [1.165, 1.54) is 5.56 Å². The summed E-state index contributed by atoms with van der Waals surface area (Å²) in [5.41, 5.74) is 13.6. The summed E-state index contributed by atoms with van der Waals surface area (Å²) < 4.78 is 22.1. The van der Waals surface area contributed by atoms with Crippen LogP contribution in [0.2, 0.25) is 0 Å². The molecular weight excluding hydrogens is 925 g/mol. The van der Waals surface area contributed by atoms with E-state index < -0.39 is 0 Å². The van der Waals surface area contributed by atoms with Crippen LogP contribution < -0.4 is 38.9 Å². The van der Waals surface area contributed by atoms with E-state index in [9.17, 15) is 0 Å². The molecule has 0 saturated heterocycles. The Balaban J connectivity index is 0.000000389. The van der Waals surface area contributed by atoms with E-state index in [-0.39, 0.29) is 17.1 Å². The third-order valence-corrected chi connectivity index (χ3v) is 11.9. The van der Waals surface area contributed by atoms with Crippen molar-refractivity contribution in [1.82, 2.24) is 30.1 Å². The van der Waals surface area contributed by atoms with Crippen molar-refractivity contribution in [3.8, 4) is 23.0 Å². The molecule has 1 aliphatic heterocycles. The van der Waals surface area contributed by atoms with Crippen molar-refractivity contribution in [1.29, 1.82) is 0 Å². The molecule has 0 amide bonds. The van der Waals surface area contributed by atoms with Gasteiger partial charge in [0, 0.05) is 192 Å². The number of aromatic amines is 1. The van der Waals surface area contributed by atoms with Crippen LogP contribution in [-0.4, -0.2) is 38.6 Å². The maximum atomic E-state index is 5.52. The molecule has 11 rings (SSSR count). The first-order chi connectivity index (χ1) is 34.2. The summed E-state index contributed by atoms with van der Waals surface area (Å²) in [5.74, 6) is 6.63. The Bertz CT molecular complexity index is 2750. The second-order valence-corrected chi connectivity index (χ2v) is 16.6. The summed E-state index contributed by atoms with van der Waals surface area (Å²) in [4.78, 5) is 21.4. The van der Waals surface area contributed by atoms with Gasteiger partial charge in [-0.2, -0.15) is 5.10 Å². The maximum Gasteiger partial charge on any atom is 0.134 e. The van der Waals surface area contributed by atoms with Crippen LogP contribution in [0.15, 0.2) is 182 Å². The maximum absolute atomic E-state index is 5.52. The van der Waals surface area contributed by atoms with Gasteiger partial charge in [0.2, 0.25) is 0 Å². The Morgan fingerprint density at radius 2 is 0.606 bits per heavy atom. The molecule has 0 unspecified atom stereocenters. The summed E-state index contributed by atoms with van der Waals surface area (Å²) in [6, 6.07) is 60.8. The summed E-state index contributed by atoms with van der Waals surface area (Å²) >= 11 is 0. The minimum absolute atomic E-state index is 0. The SMILES string of the molecule is COc1ccc([C+]2c3ccc([n-]3)[C+](c3ccc(OC)cc3)c3ccc([n-]3)[C+](c3ccc(OC)cc3)c3ccc([n-]3)[C+](c3ccc(OC)cc3)c3ccc2[n-]3)cc1.Cc1cc(C)[nH]n1.Cc1ccccc1.[Fe]. The zero-order valence-corrected chi connectivity index (χ0v) is 41.6. The molecule has 0 spiro atoms. The first-order valence-corrected chi connectivity index (χ1v) is 22.9. The van der Waals surface area contributed by atoms with Gasteiger partial charge in [0.15, 0.2) is 0 Å². The molecule has 71 heavy (non-hydrogen) atoms. The van der Waals surface area contributed by atoms with Crippen LogP contribution in [0.25, 0.3) is 0 Å². The molecule has 354 valence electrons. The fraction of sp³-hybridized carbons (Fsp3) is 0.117. The molecule has 11 heteroatoms. The van der Waals surface area contributed by atoms with Crippen LogP contribution in [0.1, 0.15) is 84.8 Å². The standard InChI is InChI=1S/C48H36N4O4.C7H8.C5H8N2.Fe/c1-53-33-13-5-29(6-14-33)45-37-21-23-39(49-37)46(30-7-15-34(54-2)16-8-30)41-25-27-43(51-41)48(32-11-19-36(56-4)20-12-32)44-28-26-42(52-44)47(40-24-22-38(45)50-40)31-9-17-35(55-3)18-10-31;1-7-5-3-2-4-6-7;1-4-3-5(2)7-6-4;/h5-28H,1-4H3;2-6H,1H3;3H,1-2H3,(H,6,7);. The number of aryl methyl sites for hydroxylation is 3. The van der Waals surface area contributed by atoms with Crippen molar-refractivity contribution in [3.63, 3.8) is 0 Å². The summed E-state index contributed by atoms with van der Waals surface area (Å²) in [6.07, 6.45) is 0. The van der Waals surface area contributed by atoms with E-state index in [1.54, 1.807) is 28.4 Å². The van der Waals surface area contributed by atoms with Gasteiger partial charge in [-0.15, -0.1) is 0 Å². The number of methoxy groups -OCH3 is 4. The predicted molar refractivity (Wildman–Crippen MR) is 272 cm³/mol. The number of hydrogen-bond donors (Lipinski definition) is 1. The van der Waals surface area contributed by atoms with Crippen LogP contribution in [-0.2, 0) is 17.1 Å². The third kappa shape index (κ3) is 11.1. The molecule has 5 aromatic heterocycles. The molecule has 6 heterocycles. The topological polar surface area (TPSA) is 122 Å². The summed E-state index contributed by atoms with van der Waals surface area (Å²) in [7, 11) is 6.67. The number of rotatable bonds is 8. The molecule has 1 aliphatic rings. The van der Waals surface area contributed by atoms with Crippen molar-refractivity contribution in [2.75, 3.05) is 28.4 Å². The molecule has 1 N–H and O–H groups in total. The fourth-order valence-electron chi connectivity index (χ4n) is 8.39. The summed E-state index contributed by atoms with van der Waals surface area (Å²) in [5, 5.41) is 6.71. The van der Waals surface area contributed by atoms with Gasteiger partial charge in [0.25, 0.3) is 0 Å². The number of ether oxygens (including phenoxy) is 4. The van der Waals surface area contributed by atoms with Crippen molar-refractivity contribution in [2.24, 2.45) is 0 Å². The molecule has 8 bridgehead atoms. The van der Waals surface area contributed by atoms with Gasteiger partial charge in [-0.25, -0.2) is 0 Å². The van der Waals surface area contributed by atoms with Crippen LogP contribution >= 0.6 is 0 Å². The van der Waals surface area contributed by atoms with Gasteiger partial charge in [-0.05, 0) is 72.4 Å². The van der Waals surface area contributed by atoms with Crippen molar-refractivity contribution in [3.05, 3.63) is 290 Å². The first kappa shape index (κ1) is 49.1. The van der Waals surface area contributed by atoms with Crippen molar-refractivity contribution >= 4 is 0 Å². The number of benzene rings is 5. The third-order valence-electron chi connectivity index (χ3n) is 11.9. The number of aromatic nitrogens is 6. The molecular formula is C60H52FeN6O4. The Kier molecular flexibility index (Phi) is 15.5. The summed E-state index contributed by atoms with van der Waals surface area (Å²) in [6.45, 7) is 6.03. The molecule has 0 saturated carbocycles. The Hall–Kier alpha value is -8.37. The minimum atomic E-state index is 0. The zero-order valence-electron chi connectivity index (χ0n) is 40.5. The van der Waals surface area contributed by atoms with Crippen LogP contribution in [0.5, 0.6) is 23.0 Å². The molecule has 10 aromatic rings. The molecule has 0 radical (unpaired) electrons. The second kappa shape index (κ2) is 22.4. The van der Waals surface area contributed by atoms with E-state index in [0.29, 0.717) is 0 Å². The van der Waals surface area contributed by atoms with E-state index in [1.807, 2.05) is 135 Å². The molecule has 0 atom stereocenters. The largest absolute Gasteiger partial charge is 0.628 e. The number of hydrogen-bond acceptors (Lipinski definition) is 5. The van der Waals surface area contributed by atoms with Gasteiger partial charge in [-0.1, -0.05) is 35.9 Å². The van der Waals surface area contributed by atoms with E-state index in [2.05, 4.69) is 77.8 Å². The van der Waals surface area contributed by atoms with Gasteiger partial charge in [0.1, 0.15) is 23.0 Å². The normalized spacial score (nSPS) is 11.6. The van der Waals surface area contributed by atoms with Crippen molar-refractivity contribution in [2.45, 2.75) is 20.8 Å². The Labute approximate surface area is 426 Å². The molecule has 10 nitrogen and oxygen atoms in total. The van der Waals surface area contributed by atoms with Gasteiger partial charge < -0.3 is 38.9 Å². The molecule has 0 fully saturated rings. The average Bonchev–Trinajstić information content (AvgIpc) is 4.28. The number of nitrogens with zero attached hydrogens (tertiary/aromatic N) is 5. The number of H-pyrrole nitrogens is 1. The van der Waals surface area contributed by atoms with E-state index in [4.69, 9.17) is 38.9 Å². The van der Waals surface area contributed by atoms with Gasteiger partial charge in [0.05, 0.1) is 56.4 Å². The average molecular weight is 977 g/mol. The fourth-order valence-corrected chi connectivity index (χ4v) is 8.39. The Morgan fingerprint density at radius 1 is 0.352 bits per heavy atom. The minimum Gasteiger partial charge on any atom is -0.628 e. The monoisotopic (exact) mass is 976 g/mol. The Morgan fingerprint density at radius 3 is 0.761 bits per heavy atom. The van der Waals surface area contributed by atoms with Crippen molar-refractivity contribution < 1.29 is 36.0 Å². The quantitative estimate of drug-likeness (QED) is 0.117.